The minimum atomic E-state index is 0.395. The molecule has 0 fully saturated rings. The molecular weight excluding hydrogens is 319 g/mol. The smallest absolute Gasteiger partial charge is 0.244 e. The normalized spacial score (nSPS) is 12.1. The van der Waals surface area contributed by atoms with Crippen molar-refractivity contribution in [2.24, 2.45) is 5.11 Å². The molecule has 0 aliphatic carbocycles. The van der Waals surface area contributed by atoms with Gasteiger partial charge in [0.2, 0.25) is 5.69 Å². The Kier molecular flexibility index (Phi) is 5.01. The first-order valence-electron chi connectivity index (χ1n) is 5.62. The zero-order valence-electron chi connectivity index (χ0n) is 10.1. The van der Waals surface area contributed by atoms with Gasteiger partial charge in [-0.25, -0.2) is 0 Å². The van der Waals surface area contributed by atoms with Gasteiger partial charge in [-0.3, -0.25) is 0 Å². The van der Waals surface area contributed by atoms with Gasteiger partial charge >= 0.3 is 0 Å². The van der Waals surface area contributed by atoms with Gasteiger partial charge in [-0.2, -0.15) is 0 Å². The third-order valence-corrected chi connectivity index (χ3v) is 3.28. The lowest BCUT2D eigenvalue weighted by Gasteiger charge is -2.01. The molecular formula is C14H9Cl3N2O. The Morgan fingerprint density at radius 2 is 1.60 bits per heavy atom. The standard InChI is InChI=1S/C14H9Cl3N2O/c15-10-8-13(16)12(14(17)9-10)6-7-18-19(20)11-4-2-1-3-5-11/h1-9H/b7-6+,19-18?. The zero-order chi connectivity index (χ0) is 14.5. The average molecular weight is 328 g/mol. The molecule has 0 unspecified atom stereocenters. The van der Waals surface area contributed by atoms with E-state index in [1.165, 1.54) is 6.20 Å². The molecule has 0 bridgehead atoms. The number of nitrogens with zero attached hydrogens (tertiary/aromatic N) is 2. The van der Waals surface area contributed by atoms with E-state index >= 15 is 0 Å². The van der Waals surface area contributed by atoms with E-state index < -0.39 is 0 Å². The summed E-state index contributed by atoms with van der Waals surface area (Å²) in [6.45, 7) is 0. The molecule has 0 saturated heterocycles. The van der Waals surface area contributed by atoms with Gasteiger partial charge in [-0.05, 0) is 18.2 Å². The van der Waals surface area contributed by atoms with Gasteiger partial charge in [0.05, 0.1) is 16.2 Å². The van der Waals surface area contributed by atoms with E-state index in [9.17, 15) is 5.21 Å². The Morgan fingerprint density at radius 3 is 2.20 bits per heavy atom. The second kappa shape index (κ2) is 6.75. The van der Waals surface area contributed by atoms with Crippen molar-refractivity contribution in [1.82, 2.24) is 0 Å². The van der Waals surface area contributed by atoms with Crippen molar-refractivity contribution in [3.05, 3.63) is 74.5 Å². The van der Waals surface area contributed by atoms with Crippen LogP contribution in [0.15, 0.2) is 53.8 Å². The lowest BCUT2D eigenvalue weighted by atomic mass is 10.2. The van der Waals surface area contributed by atoms with Gasteiger partial charge < -0.3 is 5.21 Å². The van der Waals surface area contributed by atoms with Crippen LogP contribution in [0, 0.1) is 5.21 Å². The van der Waals surface area contributed by atoms with Crippen molar-refractivity contribution < 1.29 is 4.86 Å². The highest BCUT2D eigenvalue weighted by Gasteiger charge is 2.05. The van der Waals surface area contributed by atoms with Gasteiger partial charge in [-0.1, -0.05) is 57.9 Å². The van der Waals surface area contributed by atoms with Crippen molar-refractivity contribution in [2.75, 3.05) is 0 Å². The molecule has 0 aliphatic rings. The van der Waals surface area contributed by atoms with Crippen molar-refractivity contribution >= 4 is 46.6 Å². The maximum atomic E-state index is 11.7. The van der Waals surface area contributed by atoms with Gasteiger partial charge in [0.15, 0.2) is 0 Å². The Morgan fingerprint density at radius 1 is 1.00 bits per heavy atom. The molecule has 0 atom stereocenters. The summed E-state index contributed by atoms with van der Waals surface area (Å²) in [7, 11) is 0. The summed E-state index contributed by atoms with van der Waals surface area (Å²) >= 11 is 17.8. The summed E-state index contributed by atoms with van der Waals surface area (Å²) in [6, 6.07) is 11.8. The SMILES string of the molecule is [O-][N+](=N/C=C/c1c(Cl)cc(Cl)cc1Cl)c1ccccc1. The largest absolute Gasteiger partial charge is 0.594 e. The van der Waals surface area contributed by atoms with Crippen LogP contribution in [-0.2, 0) is 0 Å². The lowest BCUT2D eigenvalue weighted by molar-refractivity contribution is -0.436. The highest BCUT2D eigenvalue weighted by atomic mass is 35.5. The van der Waals surface area contributed by atoms with E-state index in [0.717, 1.165) is 0 Å². The van der Waals surface area contributed by atoms with Gasteiger partial charge in [-0.15, -0.1) is 0 Å². The molecule has 2 rings (SSSR count). The maximum absolute atomic E-state index is 11.7. The molecule has 0 heterocycles. The van der Waals surface area contributed by atoms with Gasteiger partial charge in [0, 0.05) is 27.8 Å². The molecule has 2 aromatic carbocycles. The first-order valence-corrected chi connectivity index (χ1v) is 6.75. The Balaban J connectivity index is 2.23. The number of benzene rings is 2. The van der Waals surface area contributed by atoms with Crippen LogP contribution >= 0.6 is 34.8 Å². The first-order chi connectivity index (χ1) is 9.58. The molecule has 0 spiro atoms. The third kappa shape index (κ3) is 3.73. The number of hydrogen-bond donors (Lipinski definition) is 0. The molecule has 102 valence electrons. The van der Waals surface area contributed by atoms with Crippen molar-refractivity contribution in [3.63, 3.8) is 0 Å². The van der Waals surface area contributed by atoms with Crippen LogP contribution in [-0.4, -0.2) is 4.86 Å². The summed E-state index contributed by atoms with van der Waals surface area (Å²) in [4.78, 5) is 0.508. The van der Waals surface area contributed by atoms with Crippen LogP contribution in [0.5, 0.6) is 0 Å². The summed E-state index contributed by atoms with van der Waals surface area (Å²) in [5.41, 5.74) is 0.994. The molecule has 0 saturated carbocycles. The highest BCUT2D eigenvalue weighted by molar-refractivity contribution is 6.40. The molecule has 6 heteroatoms. The van der Waals surface area contributed by atoms with E-state index in [1.54, 1.807) is 42.5 Å². The number of para-hydroxylation sites is 1. The van der Waals surface area contributed by atoms with Crippen LogP contribution in [0.1, 0.15) is 5.56 Å². The molecule has 0 N–H and O–H groups in total. The Bertz CT molecular complexity index is 646. The van der Waals surface area contributed by atoms with Crippen LogP contribution in [0.4, 0.5) is 5.69 Å². The molecule has 0 aromatic heterocycles. The molecule has 3 nitrogen and oxygen atoms in total. The topological polar surface area (TPSA) is 38.4 Å². The second-order valence-corrected chi connectivity index (χ2v) is 5.07. The number of hydrogen-bond acceptors (Lipinski definition) is 2. The summed E-state index contributed by atoms with van der Waals surface area (Å²) in [5.74, 6) is 0. The quantitative estimate of drug-likeness (QED) is 0.392. The third-order valence-electron chi connectivity index (χ3n) is 2.43. The lowest BCUT2D eigenvalue weighted by Crippen LogP contribution is -1.88. The number of rotatable bonds is 3. The minimum absolute atomic E-state index is 0.395. The van der Waals surface area contributed by atoms with Crippen LogP contribution < -0.4 is 0 Å². The molecule has 20 heavy (non-hydrogen) atoms. The van der Waals surface area contributed by atoms with E-state index in [4.69, 9.17) is 34.8 Å². The summed E-state index contributed by atoms with van der Waals surface area (Å²) < 4.78 is 0. The fourth-order valence-corrected chi connectivity index (χ4v) is 2.45. The molecule has 0 radical (unpaired) electrons. The minimum Gasteiger partial charge on any atom is -0.594 e. The highest BCUT2D eigenvalue weighted by Crippen LogP contribution is 2.30. The fourth-order valence-electron chi connectivity index (χ4n) is 1.50. The second-order valence-electron chi connectivity index (χ2n) is 3.82. The summed E-state index contributed by atoms with van der Waals surface area (Å²) in [5, 5.41) is 16.6. The number of halogens is 3. The van der Waals surface area contributed by atoms with E-state index in [-0.39, 0.29) is 0 Å². The number of azo groups is 1. The molecule has 0 aliphatic heterocycles. The summed E-state index contributed by atoms with van der Waals surface area (Å²) in [6.07, 6.45) is 2.88. The zero-order valence-corrected chi connectivity index (χ0v) is 12.4. The Hall–Kier alpha value is -1.55. The van der Waals surface area contributed by atoms with Crippen molar-refractivity contribution in [2.45, 2.75) is 0 Å². The van der Waals surface area contributed by atoms with Crippen molar-refractivity contribution in [1.29, 1.82) is 0 Å². The average Bonchev–Trinajstić information content (AvgIpc) is 2.42. The van der Waals surface area contributed by atoms with Gasteiger partial charge in [0.1, 0.15) is 0 Å². The van der Waals surface area contributed by atoms with E-state index in [1.807, 2.05) is 6.07 Å². The Labute approximate surface area is 131 Å². The fraction of sp³-hybridized carbons (Fsp3) is 0. The van der Waals surface area contributed by atoms with Crippen LogP contribution in [0.2, 0.25) is 15.1 Å². The predicted molar refractivity (Wildman–Crippen MR) is 82.7 cm³/mol. The molecule has 0 amide bonds. The van der Waals surface area contributed by atoms with Crippen LogP contribution in [0.3, 0.4) is 0 Å². The molecule has 2 aromatic rings. The predicted octanol–water partition coefficient (Wildman–Crippen LogP) is 5.91. The van der Waals surface area contributed by atoms with Crippen LogP contribution in [0.25, 0.3) is 6.08 Å². The van der Waals surface area contributed by atoms with E-state index in [2.05, 4.69) is 5.11 Å². The van der Waals surface area contributed by atoms with E-state index in [0.29, 0.717) is 31.2 Å². The van der Waals surface area contributed by atoms with Crippen molar-refractivity contribution in [3.8, 4) is 0 Å². The maximum Gasteiger partial charge on any atom is 0.244 e. The van der Waals surface area contributed by atoms with Gasteiger partial charge in [0.25, 0.3) is 0 Å². The first kappa shape index (κ1) is 14.9. The monoisotopic (exact) mass is 326 g/mol.